The molecular weight excluding hydrogens is 246 g/mol. The topological polar surface area (TPSA) is 29.9 Å². The van der Waals surface area contributed by atoms with E-state index in [4.69, 9.17) is 0 Å². The highest BCUT2D eigenvalue weighted by molar-refractivity contribution is 5.20. The first-order valence-corrected chi connectivity index (χ1v) is 7.52. The Morgan fingerprint density at radius 1 is 1.30 bits per heavy atom. The molecule has 0 saturated carbocycles. The Labute approximate surface area is 122 Å². The first-order chi connectivity index (χ1) is 9.72. The molecule has 0 aliphatic carbocycles. The van der Waals surface area contributed by atoms with Gasteiger partial charge in [-0.2, -0.15) is 0 Å². The van der Waals surface area contributed by atoms with Crippen molar-refractivity contribution in [2.75, 3.05) is 6.54 Å². The van der Waals surface area contributed by atoms with Crippen LogP contribution in [-0.4, -0.2) is 16.1 Å². The Morgan fingerprint density at radius 2 is 2.15 bits per heavy atom. The summed E-state index contributed by atoms with van der Waals surface area (Å²) >= 11 is 0. The predicted molar refractivity (Wildman–Crippen MR) is 83.8 cm³/mol. The Balaban J connectivity index is 2.04. The van der Waals surface area contributed by atoms with E-state index in [2.05, 4.69) is 60.2 Å². The summed E-state index contributed by atoms with van der Waals surface area (Å²) in [7, 11) is 0. The zero-order valence-corrected chi connectivity index (χ0v) is 12.8. The van der Waals surface area contributed by atoms with Crippen molar-refractivity contribution in [2.45, 2.75) is 46.2 Å². The lowest BCUT2D eigenvalue weighted by Crippen LogP contribution is -2.21. The minimum absolute atomic E-state index is 0.465. The van der Waals surface area contributed by atoms with E-state index in [-0.39, 0.29) is 0 Å². The summed E-state index contributed by atoms with van der Waals surface area (Å²) < 4.78 is 2.24. The van der Waals surface area contributed by atoms with E-state index in [9.17, 15) is 0 Å². The van der Waals surface area contributed by atoms with Crippen molar-refractivity contribution >= 4 is 0 Å². The third-order valence-electron chi connectivity index (χ3n) is 3.52. The lowest BCUT2D eigenvalue weighted by Gasteiger charge is -2.15. The van der Waals surface area contributed by atoms with Gasteiger partial charge >= 0.3 is 0 Å². The van der Waals surface area contributed by atoms with Crippen molar-refractivity contribution in [1.29, 1.82) is 0 Å². The zero-order chi connectivity index (χ0) is 14.4. The van der Waals surface area contributed by atoms with Crippen LogP contribution in [-0.2, 0) is 6.54 Å². The Morgan fingerprint density at radius 3 is 2.85 bits per heavy atom. The molecule has 108 valence electrons. The van der Waals surface area contributed by atoms with Gasteiger partial charge < -0.3 is 9.88 Å². The van der Waals surface area contributed by atoms with E-state index in [1.807, 2.05) is 12.4 Å². The summed E-state index contributed by atoms with van der Waals surface area (Å²) in [4.78, 5) is 4.25. The van der Waals surface area contributed by atoms with Gasteiger partial charge in [-0.1, -0.05) is 19.9 Å². The van der Waals surface area contributed by atoms with E-state index in [1.54, 1.807) is 0 Å². The Kier molecular flexibility index (Phi) is 5.36. The molecule has 0 aromatic carbocycles. The maximum absolute atomic E-state index is 4.25. The molecule has 2 rings (SSSR count). The van der Waals surface area contributed by atoms with Crippen molar-refractivity contribution in [3.05, 3.63) is 53.6 Å². The minimum atomic E-state index is 0.465. The Bertz CT molecular complexity index is 531. The van der Waals surface area contributed by atoms with Crippen LogP contribution in [0.2, 0.25) is 0 Å². The zero-order valence-electron chi connectivity index (χ0n) is 12.8. The average molecular weight is 271 g/mol. The molecule has 2 heterocycles. The molecule has 2 aromatic heterocycles. The van der Waals surface area contributed by atoms with E-state index in [0.29, 0.717) is 6.04 Å². The summed E-state index contributed by atoms with van der Waals surface area (Å²) in [6, 6.07) is 4.88. The van der Waals surface area contributed by atoms with Crippen LogP contribution in [0.3, 0.4) is 0 Å². The molecule has 0 bridgehead atoms. The summed E-state index contributed by atoms with van der Waals surface area (Å²) in [5.41, 5.74) is 3.84. The van der Waals surface area contributed by atoms with Gasteiger partial charge in [0.1, 0.15) is 0 Å². The van der Waals surface area contributed by atoms with Crippen LogP contribution in [0.5, 0.6) is 0 Å². The number of nitrogens with zero attached hydrogens (tertiary/aromatic N) is 2. The summed E-state index contributed by atoms with van der Waals surface area (Å²) in [6.07, 6.45) is 10.5. The van der Waals surface area contributed by atoms with Crippen LogP contribution < -0.4 is 5.32 Å². The number of aromatic nitrogens is 2. The molecule has 20 heavy (non-hydrogen) atoms. The second-order valence-corrected chi connectivity index (χ2v) is 5.40. The molecule has 2 aromatic rings. The second-order valence-electron chi connectivity index (χ2n) is 5.40. The fraction of sp³-hybridized carbons (Fsp3) is 0.471. The molecule has 0 spiro atoms. The van der Waals surface area contributed by atoms with Crippen molar-refractivity contribution in [2.24, 2.45) is 0 Å². The van der Waals surface area contributed by atoms with Crippen LogP contribution in [0.1, 0.15) is 49.4 Å². The van der Waals surface area contributed by atoms with Crippen molar-refractivity contribution in [1.82, 2.24) is 14.9 Å². The number of rotatable bonds is 7. The SMILES string of the molecule is CCCNC(CC)c1ccn(Cc2cncc(C)c2)c1. The van der Waals surface area contributed by atoms with Crippen LogP contribution in [0, 0.1) is 6.92 Å². The standard InChI is InChI=1S/C17H25N3/c1-4-7-19-17(5-2)16-6-8-20(13-16)12-15-9-14(3)10-18-11-15/h6,8-11,13,17,19H,4-5,7,12H2,1-3H3. The van der Waals surface area contributed by atoms with E-state index in [0.717, 1.165) is 19.5 Å². The molecular formula is C17H25N3. The van der Waals surface area contributed by atoms with Gasteiger partial charge in [0.2, 0.25) is 0 Å². The number of nitrogens with one attached hydrogen (secondary N) is 1. The summed E-state index contributed by atoms with van der Waals surface area (Å²) in [6.45, 7) is 8.48. The van der Waals surface area contributed by atoms with Crippen LogP contribution in [0.25, 0.3) is 0 Å². The molecule has 0 fully saturated rings. The smallest absolute Gasteiger partial charge is 0.0485 e. The van der Waals surface area contributed by atoms with Gasteiger partial charge in [0.15, 0.2) is 0 Å². The van der Waals surface area contributed by atoms with Crippen LogP contribution in [0.4, 0.5) is 0 Å². The molecule has 1 N–H and O–H groups in total. The fourth-order valence-electron chi connectivity index (χ4n) is 2.50. The molecule has 0 amide bonds. The largest absolute Gasteiger partial charge is 0.350 e. The van der Waals surface area contributed by atoms with E-state index < -0.39 is 0 Å². The van der Waals surface area contributed by atoms with Gasteiger partial charge in [-0.25, -0.2) is 0 Å². The highest BCUT2D eigenvalue weighted by Gasteiger charge is 2.09. The van der Waals surface area contributed by atoms with Gasteiger partial charge in [-0.3, -0.25) is 4.98 Å². The van der Waals surface area contributed by atoms with Crippen LogP contribution >= 0.6 is 0 Å². The quantitative estimate of drug-likeness (QED) is 0.832. The molecule has 0 aliphatic rings. The maximum Gasteiger partial charge on any atom is 0.0485 e. The summed E-state index contributed by atoms with van der Waals surface area (Å²) in [5, 5.41) is 3.60. The lowest BCUT2D eigenvalue weighted by atomic mass is 10.1. The van der Waals surface area contributed by atoms with Crippen molar-refractivity contribution in [3.63, 3.8) is 0 Å². The average Bonchev–Trinajstić information content (AvgIpc) is 2.88. The number of pyridine rings is 1. The third kappa shape index (κ3) is 3.94. The third-order valence-corrected chi connectivity index (χ3v) is 3.52. The minimum Gasteiger partial charge on any atom is -0.350 e. The molecule has 0 saturated heterocycles. The molecule has 1 unspecified atom stereocenters. The van der Waals surface area contributed by atoms with Gasteiger partial charge in [-0.15, -0.1) is 0 Å². The number of hydrogen-bond donors (Lipinski definition) is 1. The number of aryl methyl sites for hydroxylation is 1. The highest BCUT2D eigenvalue weighted by Crippen LogP contribution is 2.17. The fourth-order valence-corrected chi connectivity index (χ4v) is 2.50. The van der Waals surface area contributed by atoms with Gasteiger partial charge in [0, 0.05) is 37.4 Å². The second kappa shape index (κ2) is 7.25. The van der Waals surface area contributed by atoms with Crippen LogP contribution in [0.15, 0.2) is 36.9 Å². The molecule has 0 radical (unpaired) electrons. The predicted octanol–water partition coefficient (Wildman–Crippen LogP) is 3.69. The normalized spacial score (nSPS) is 12.6. The van der Waals surface area contributed by atoms with E-state index in [1.165, 1.54) is 23.1 Å². The van der Waals surface area contributed by atoms with Gasteiger partial charge in [0.25, 0.3) is 0 Å². The lowest BCUT2D eigenvalue weighted by molar-refractivity contribution is 0.517. The van der Waals surface area contributed by atoms with Crippen molar-refractivity contribution in [3.8, 4) is 0 Å². The molecule has 1 atom stereocenters. The molecule has 3 nitrogen and oxygen atoms in total. The van der Waals surface area contributed by atoms with Gasteiger partial charge in [0.05, 0.1) is 0 Å². The van der Waals surface area contributed by atoms with Crippen molar-refractivity contribution < 1.29 is 0 Å². The number of hydrogen-bond acceptors (Lipinski definition) is 2. The first kappa shape index (κ1) is 14.8. The maximum atomic E-state index is 4.25. The highest BCUT2D eigenvalue weighted by atomic mass is 15.0. The monoisotopic (exact) mass is 271 g/mol. The molecule has 3 heteroatoms. The summed E-state index contributed by atoms with van der Waals surface area (Å²) in [5.74, 6) is 0. The molecule has 0 aliphatic heterocycles. The van der Waals surface area contributed by atoms with Gasteiger partial charge in [-0.05, 0) is 49.1 Å². The van der Waals surface area contributed by atoms with E-state index >= 15 is 0 Å². The Hall–Kier alpha value is -1.61. The first-order valence-electron chi connectivity index (χ1n) is 7.52.